The predicted molar refractivity (Wildman–Crippen MR) is 82.2 cm³/mol. The zero-order chi connectivity index (χ0) is 17.3. The van der Waals surface area contributed by atoms with Gasteiger partial charge in [0, 0.05) is 0 Å². The third kappa shape index (κ3) is 2.31. The minimum atomic E-state index is -0.754. The van der Waals surface area contributed by atoms with Crippen LogP contribution in [0.15, 0.2) is 6.33 Å². The number of aliphatic hydroxyl groups is 1. The molecule has 0 saturated carbocycles. The van der Waals surface area contributed by atoms with E-state index in [0.717, 1.165) is 0 Å². The summed E-state index contributed by atoms with van der Waals surface area (Å²) < 4.78 is 19.5. The molecule has 3 N–H and O–H groups in total. The molecular formula is C15H22N4O5. The van der Waals surface area contributed by atoms with Crippen molar-refractivity contribution in [2.24, 2.45) is 0 Å². The van der Waals surface area contributed by atoms with Crippen LogP contribution in [0.2, 0.25) is 0 Å². The van der Waals surface area contributed by atoms with Crippen LogP contribution in [0.1, 0.15) is 44.4 Å². The molecule has 2 saturated heterocycles. The van der Waals surface area contributed by atoms with Gasteiger partial charge in [0.05, 0.1) is 12.9 Å². The van der Waals surface area contributed by atoms with Crippen LogP contribution in [-0.2, 0) is 14.2 Å². The average Bonchev–Trinajstić information content (AvgIpc) is 3.08. The van der Waals surface area contributed by atoms with Crippen molar-refractivity contribution in [2.75, 3.05) is 11.9 Å². The maximum Gasteiger partial charge on any atom is 0.275 e. The molecule has 3 aliphatic rings. The molecule has 2 fully saturated rings. The van der Waals surface area contributed by atoms with E-state index in [0.29, 0.717) is 11.5 Å². The van der Waals surface area contributed by atoms with Crippen molar-refractivity contribution < 1.29 is 24.1 Å². The molecule has 0 spiro atoms. The van der Waals surface area contributed by atoms with Crippen LogP contribution in [0.5, 0.6) is 0 Å². The Morgan fingerprint density at radius 1 is 1.25 bits per heavy atom. The molecule has 4 heterocycles. The number of ether oxygens (including phenoxy) is 3. The van der Waals surface area contributed by atoms with Gasteiger partial charge < -0.3 is 30.0 Å². The van der Waals surface area contributed by atoms with Gasteiger partial charge in [-0.1, -0.05) is 0 Å². The fourth-order valence-corrected chi connectivity index (χ4v) is 3.54. The van der Waals surface area contributed by atoms with Crippen LogP contribution in [0, 0.1) is 0 Å². The summed E-state index contributed by atoms with van der Waals surface area (Å²) in [6.07, 6.45) is -0.261. The quantitative estimate of drug-likeness (QED) is 0.706. The second-order valence-corrected chi connectivity index (χ2v) is 7.37. The van der Waals surface area contributed by atoms with E-state index in [1.165, 1.54) is 0 Å². The lowest BCUT2D eigenvalue weighted by Gasteiger charge is -2.34. The average molecular weight is 338 g/mol. The van der Waals surface area contributed by atoms with Crippen LogP contribution >= 0.6 is 0 Å². The first-order chi connectivity index (χ1) is 11.2. The molecule has 4 rings (SSSR count). The molecule has 1 amide bonds. The third-order valence-electron chi connectivity index (χ3n) is 4.45. The SMILES string of the molecule is CC1(C)NC(=O)c2ncn([C@@H]3O[C@H](CO)[C@H]4OC(C)(C)O[C@H]43)c2N1. The van der Waals surface area contributed by atoms with Gasteiger partial charge in [0.15, 0.2) is 17.7 Å². The highest BCUT2D eigenvalue weighted by atomic mass is 16.8. The van der Waals surface area contributed by atoms with E-state index in [-0.39, 0.29) is 18.6 Å². The summed E-state index contributed by atoms with van der Waals surface area (Å²) in [5.41, 5.74) is -0.303. The summed E-state index contributed by atoms with van der Waals surface area (Å²) in [6.45, 7) is 7.20. The molecule has 0 aromatic carbocycles. The van der Waals surface area contributed by atoms with Crippen molar-refractivity contribution in [1.82, 2.24) is 14.9 Å². The number of fused-ring (bicyclic) bond motifs is 2. The Balaban J connectivity index is 1.71. The smallest absolute Gasteiger partial charge is 0.275 e. The first-order valence-corrected chi connectivity index (χ1v) is 8.00. The number of anilines is 1. The molecular weight excluding hydrogens is 316 g/mol. The van der Waals surface area contributed by atoms with E-state index < -0.39 is 29.9 Å². The highest BCUT2D eigenvalue weighted by Gasteiger charge is 2.56. The lowest BCUT2D eigenvalue weighted by molar-refractivity contribution is -0.199. The summed E-state index contributed by atoms with van der Waals surface area (Å²) in [5.74, 6) is -0.431. The van der Waals surface area contributed by atoms with E-state index in [2.05, 4.69) is 15.6 Å². The molecule has 1 aromatic rings. The minimum absolute atomic E-state index is 0.173. The second-order valence-electron chi connectivity index (χ2n) is 7.37. The Bertz CT molecular complexity index is 685. The number of carbonyl (C=O) groups is 1. The minimum Gasteiger partial charge on any atom is -0.394 e. The monoisotopic (exact) mass is 338 g/mol. The first-order valence-electron chi connectivity index (χ1n) is 8.00. The number of hydrogen-bond donors (Lipinski definition) is 3. The van der Waals surface area contributed by atoms with Gasteiger partial charge in [-0.25, -0.2) is 4.98 Å². The highest BCUT2D eigenvalue weighted by Crippen LogP contribution is 2.44. The van der Waals surface area contributed by atoms with Gasteiger partial charge in [0.1, 0.15) is 29.8 Å². The lowest BCUT2D eigenvalue weighted by Crippen LogP contribution is -2.53. The zero-order valence-electron chi connectivity index (χ0n) is 14.1. The maximum absolute atomic E-state index is 12.2. The largest absolute Gasteiger partial charge is 0.394 e. The molecule has 0 bridgehead atoms. The van der Waals surface area contributed by atoms with Crippen LogP contribution < -0.4 is 10.6 Å². The van der Waals surface area contributed by atoms with Crippen molar-refractivity contribution in [3.63, 3.8) is 0 Å². The third-order valence-corrected chi connectivity index (χ3v) is 4.45. The molecule has 0 radical (unpaired) electrons. The summed E-state index contributed by atoms with van der Waals surface area (Å²) in [6, 6.07) is 0. The van der Waals surface area contributed by atoms with Crippen LogP contribution in [0.3, 0.4) is 0 Å². The Hall–Kier alpha value is -1.68. The molecule has 0 aliphatic carbocycles. The van der Waals surface area contributed by atoms with E-state index in [1.807, 2.05) is 27.7 Å². The molecule has 4 atom stereocenters. The number of imidazole rings is 1. The normalized spacial score (nSPS) is 36.0. The topological polar surface area (TPSA) is 107 Å². The number of rotatable bonds is 2. The Morgan fingerprint density at radius 2 is 1.96 bits per heavy atom. The van der Waals surface area contributed by atoms with Gasteiger partial charge in [-0.15, -0.1) is 0 Å². The molecule has 3 aliphatic heterocycles. The van der Waals surface area contributed by atoms with Gasteiger partial charge >= 0.3 is 0 Å². The van der Waals surface area contributed by atoms with Gasteiger partial charge in [-0.3, -0.25) is 9.36 Å². The number of aromatic nitrogens is 2. The molecule has 0 unspecified atom stereocenters. The molecule has 1 aromatic heterocycles. The van der Waals surface area contributed by atoms with Gasteiger partial charge in [0.2, 0.25) is 0 Å². The molecule has 24 heavy (non-hydrogen) atoms. The molecule has 132 valence electrons. The summed E-state index contributed by atoms with van der Waals surface area (Å²) in [5, 5.41) is 15.7. The predicted octanol–water partition coefficient (Wildman–Crippen LogP) is 0.184. The van der Waals surface area contributed by atoms with Crippen molar-refractivity contribution in [3.8, 4) is 0 Å². The highest BCUT2D eigenvalue weighted by molar-refractivity contribution is 5.99. The number of hydrogen-bond acceptors (Lipinski definition) is 7. The van der Waals surface area contributed by atoms with Gasteiger partial charge in [0.25, 0.3) is 5.91 Å². The van der Waals surface area contributed by atoms with E-state index >= 15 is 0 Å². The van der Waals surface area contributed by atoms with E-state index in [1.54, 1.807) is 10.9 Å². The first kappa shape index (κ1) is 15.8. The Labute approximate surface area is 139 Å². The molecule has 9 heteroatoms. The summed E-state index contributed by atoms with van der Waals surface area (Å²) >= 11 is 0. The van der Waals surface area contributed by atoms with Crippen molar-refractivity contribution >= 4 is 11.7 Å². The van der Waals surface area contributed by atoms with Crippen LogP contribution in [0.25, 0.3) is 0 Å². The lowest BCUT2D eigenvalue weighted by atomic mass is 10.1. The fourth-order valence-electron chi connectivity index (χ4n) is 3.54. The van der Waals surface area contributed by atoms with Crippen LogP contribution in [0.4, 0.5) is 5.82 Å². The Morgan fingerprint density at radius 3 is 2.67 bits per heavy atom. The zero-order valence-corrected chi connectivity index (χ0v) is 14.1. The van der Waals surface area contributed by atoms with Crippen molar-refractivity contribution in [1.29, 1.82) is 0 Å². The second kappa shape index (κ2) is 4.92. The fraction of sp³-hybridized carbons (Fsp3) is 0.733. The maximum atomic E-state index is 12.2. The van der Waals surface area contributed by atoms with Gasteiger partial charge in [-0.05, 0) is 27.7 Å². The molecule has 9 nitrogen and oxygen atoms in total. The van der Waals surface area contributed by atoms with Crippen molar-refractivity contribution in [2.45, 2.75) is 63.7 Å². The number of nitrogens with one attached hydrogen (secondary N) is 2. The number of amides is 1. The van der Waals surface area contributed by atoms with E-state index in [9.17, 15) is 9.90 Å². The van der Waals surface area contributed by atoms with Crippen molar-refractivity contribution in [3.05, 3.63) is 12.0 Å². The summed E-state index contributed by atoms with van der Waals surface area (Å²) in [4.78, 5) is 16.4. The summed E-state index contributed by atoms with van der Waals surface area (Å²) in [7, 11) is 0. The van der Waals surface area contributed by atoms with E-state index in [4.69, 9.17) is 14.2 Å². The number of aliphatic hydroxyl groups excluding tert-OH is 1. The standard InChI is InChI=1S/C15H22N4O5/c1-14(2)17-11-8(12(21)18-14)16-6-19(11)13-10-9(7(5-20)22-13)23-15(3,4)24-10/h6-7,9-10,13,17,20H,5H2,1-4H3,(H,18,21)/t7-,9-,10-,13-/m1/s1. The van der Waals surface area contributed by atoms with Crippen LogP contribution in [-0.4, -0.2) is 56.9 Å². The number of nitrogens with zero attached hydrogens (tertiary/aromatic N) is 2. The Kier molecular flexibility index (Phi) is 3.24. The van der Waals surface area contributed by atoms with Gasteiger partial charge in [-0.2, -0.15) is 0 Å². The number of carbonyl (C=O) groups excluding carboxylic acids is 1.